The maximum absolute atomic E-state index is 14.1. The smallest absolute Gasteiger partial charge is 0.255 e. The number of aliphatic hydroxyl groups excluding tert-OH is 2. The van der Waals surface area contributed by atoms with E-state index in [0.29, 0.717) is 23.5 Å². The van der Waals surface area contributed by atoms with Crippen molar-refractivity contribution in [2.45, 2.75) is 63.0 Å². The van der Waals surface area contributed by atoms with Crippen LogP contribution < -0.4 is 10.6 Å². The zero-order valence-electron chi connectivity index (χ0n) is 23.5. The minimum Gasteiger partial charge on any atom is -0.508 e. The Hall–Kier alpha value is -3.37. The number of carbonyl (C=O) groups excluding carboxylic acids is 3. The average Bonchev–Trinajstić information content (AvgIpc) is 3.39. The number of ketones is 2. The molecular formula is C30H39N3O7. The number of primary amides is 1. The van der Waals surface area contributed by atoms with Crippen LogP contribution in [-0.4, -0.2) is 82.6 Å². The zero-order valence-corrected chi connectivity index (χ0v) is 23.5. The van der Waals surface area contributed by atoms with Gasteiger partial charge in [0.25, 0.3) is 5.91 Å². The van der Waals surface area contributed by atoms with E-state index in [0.717, 1.165) is 24.9 Å². The summed E-state index contributed by atoms with van der Waals surface area (Å²) in [5.41, 5.74) is 4.15. The third-order valence-corrected chi connectivity index (χ3v) is 9.55. The summed E-state index contributed by atoms with van der Waals surface area (Å²) in [7, 11) is 6.93. The number of carbonyl (C=O) groups is 3. The van der Waals surface area contributed by atoms with Gasteiger partial charge in [0.15, 0.2) is 11.4 Å². The molecule has 0 unspecified atom stereocenters. The van der Waals surface area contributed by atoms with Crippen molar-refractivity contribution < 1.29 is 34.8 Å². The van der Waals surface area contributed by atoms with E-state index in [1.54, 1.807) is 14.1 Å². The van der Waals surface area contributed by atoms with Gasteiger partial charge in [-0.05, 0) is 68.8 Å². The van der Waals surface area contributed by atoms with Gasteiger partial charge in [-0.1, -0.05) is 25.7 Å². The number of benzene rings is 1. The first kappa shape index (κ1) is 28.2. The lowest BCUT2D eigenvalue weighted by Crippen LogP contribution is -2.65. The normalized spacial score (nSPS) is 28.6. The van der Waals surface area contributed by atoms with Crippen molar-refractivity contribution in [2.75, 3.05) is 33.1 Å². The zero-order chi connectivity index (χ0) is 29.3. The maximum Gasteiger partial charge on any atom is 0.255 e. The predicted octanol–water partition coefficient (Wildman–Crippen LogP) is 2.15. The van der Waals surface area contributed by atoms with Gasteiger partial charge >= 0.3 is 0 Å². The van der Waals surface area contributed by atoms with Crippen molar-refractivity contribution in [2.24, 2.45) is 23.5 Å². The number of amides is 1. The number of fused-ring (bicyclic) bond motifs is 3. The van der Waals surface area contributed by atoms with Crippen LogP contribution in [0, 0.1) is 17.8 Å². The quantitative estimate of drug-likeness (QED) is 0.332. The number of Topliss-reactive ketones (excluding diaryl/α,β-unsaturated/α-hetero) is 2. The minimum atomic E-state index is -2.63. The van der Waals surface area contributed by atoms with Crippen molar-refractivity contribution in [1.82, 2.24) is 4.90 Å². The molecule has 216 valence electrons. The summed E-state index contributed by atoms with van der Waals surface area (Å²) < 4.78 is 0. The molecule has 0 bridgehead atoms. The van der Waals surface area contributed by atoms with Crippen LogP contribution in [0.25, 0.3) is 5.76 Å². The molecule has 4 atom stereocenters. The second-order valence-corrected chi connectivity index (χ2v) is 12.3. The first-order chi connectivity index (χ1) is 18.8. The number of hydrogen-bond acceptors (Lipinski definition) is 9. The molecule has 0 aromatic heterocycles. The van der Waals surface area contributed by atoms with Gasteiger partial charge in [-0.25, -0.2) is 0 Å². The Morgan fingerprint density at radius 2 is 1.75 bits per heavy atom. The number of hydrogen-bond donors (Lipinski definition) is 5. The van der Waals surface area contributed by atoms with E-state index in [1.807, 2.05) is 25.1 Å². The van der Waals surface area contributed by atoms with Crippen LogP contribution in [0.1, 0.15) is 55.2 Å². The number of phenols is 1. The molecule has 10 nitrogen and oxygen atoms in total. The first-order valence-electron chi connectivity index (χ1n) is 14.0. The highest BCUT2D eigenvalue weighted by Crippen LogP contribution is 2.54. The van der Waals surface area contributed by atoms with Crippen molar-refractivity contribution >= 4 is 28.9 Å². The number of nitrogens with two attached hydrogens (primary N) is 1. The summed E-state index contributed by atoms with van der Waals surface area (Å²) in [5.74, 6) is -5.70. The second kappa shape index (κ2) is 9.92. The number of rotatable bonds is 6. The SMILES string of the molecule is CN(C)c1cc(CCC2CCCC2)c(O)c2c1C[C@H]1C[C@H]3[C@H](N(C)C)C(=O)C(C(N)=O)=C(O)[C@@]3(O)C(=O)C1=C2O. The summed E-state index contributed by atoms with van der Waals surface area (Å²) in [4.78, 5) is 42.9. The number of nitrogens with zero attached hydrogens (tertiary/aromatic N) is 2. The summed E-state index contributed by atoms with van der Waals surface area (Å²) in [6, 6.07) is 0.847. The molecule has 4 aliphatic rings. The highest BCUT2D eigenvalue weighted by molar-refractivity contribution is 6.24. The summed E-state index contributed by atoms with van der Waals surface area (Å²) in [6.45, 7) is 0. The third-order valence-electron chi connectivity index (χ3n) is 9.55. The molecule has 0 heterocycles. The van der Waals surface area contributed by atoms with E-state index in [1.165, 1.54) is 17.7 Å². The molecule has 1 aromatic rings. The van der Waals surface area contributed by atoms with E-state index < -0.39 is 58.0 Å². The molecule has 1 amide bonds. The molecule has 6 N–H and O–H groups in total. The first-order valence-corrected chi connectivity index (χ1v) is 14.0. The van der Waals surface area contributed by atoms with Crippen LogP contribution in [0.2, 0.25) is 0 Å². The molecule has 40 heavy (non-hydrogen) atoms. The van der Waals surface area contributed by atoms with Crippen LogP contribution in [0.5, 0.6) is 5.75 Å². The number of anilines is 1. The van der Waals surface area contributed by atoms with E-state index >= 15 is 0 Å². The monoisotopic (exact) mass is 553 g/mol. The second-order valence-electron chi connectivity index (χ2n) is 12.3. The Labute approximate surface area is 233 Å². The fourth-order valence-corrected chi connectivity index (χ4v) is 7.59. The molecule has 2 fully saturated rings. The molecule has 10 heteroatoms. The van der Waals surface area contributed by atoms with Crippen LogP contribution in [-0.2, 0) is 27.2 Å². The lowest BCUT2D eigenvalue weighted by atomic mass is 9.57. The maximum atomic E-state index is 14.1. The highest BCUT2D eigenvalue weighted by Gasteiger charge is 2.64. The van der Waals surface area contributed by atoms with Gasteiger partial charge in [0, 0.05) is 31.3 Å². The summed E-state index contributed by atoms with van der Waals surface area (Å²) in [5, 5.41) is 45.8. The lowest BCUT2D eigenvalue weighted by Gasteiger charge is -2.50. The highest BCUT2D eigenvalue weighted by atomic mass is 16.3. The van der Waals surface area contributed by atoms with E-state index in [-0.39, 0.29) is 29.7 Å². The Morgan fingerprint density at radius 3 is 2.33 bits per heavy atom. The Balaban J connectivity index is 1.67. The van der Waals surface area contributed by atoms with Gasteiger partial charge < -0.3 is 31.1 Å². The number of phenolic OH excluding ortho intramolecular Hbond substituents is 1. The molecule has 0 spiro atoms. The fourth-order valence-electron chi connectivity index (χ4n) is 7.59. The van der Waals surface area contributed by atoms with Crippen molar-refractivity contribution in [3.8, 4) is 5.75 Å². The molecular weight excluding hydrogens is 514 g/mol. The van der Waals surface area contributed by atoms with Gasteiger partial charge in [-0.2, -0.15) is 0 Å². The van der Waals surface area contributed by atoms with E-state index in [2.05, 4.69) is 0 Å². The molecule has 4 aliphatic carbocycles. The summed E-state index contributed by atoms with van der Waals surface area (Å²) in [6.07, 6.45) is 6.63. The van der Waals surface area contributed by atoms with Gasteiger partial charge in [-0.15, -0.1) is 0 Å². The standard InChI is InChI=1S/C30H39N3O7/c1-32(2)19-13-15(10-9-14-7-5-6-8-14)24(34)21-17(19)11-16-12-18-23(33(3)4)26(36)22(29(31)39)28(38)30(18,40)27(37)20(16)25(21)35/h13-14,16,18,23,34-35,38,40H,5-12H2,1-4H3,(H2,31,39)/t16-,18-,23-,30-/m0/s1. The average molecular weight is 554 g/mol. The van der Waals surface area contributed by atoms with Crippen molar-refractivity contribution in [1.29, 1.82) is 0 Å². The third kappa shape index (κ3) is 4.03. The molecule has 1 aromatic carbocycles. The van der Waals surface area contributed by atoms with Crippen molar-refractivity contribution in [3.05, 3.63) is 39.7 Å². The fraction of sp³-hybridized carbons (Fsp3) is 0.567. The Morgan fingerprint density at radius 1 is 1.10 bits per heavy atom. The van der Waals surface area contributed by atoms with Crippen LogP contribution >= 0.6 is 0 Å². The van der Waals surface area contributed by atoms with Crippen LogP contribution in [0.15, 0.2) is 23.0 Å². The number of aliphatic hydroxyl groups is 3. The number of likely N-dealkylation sites (N-methyl/N-ethyl adjacent to an activating group) is 1. The topological polar surface area (TPSA) is 165 Å². The number of aryl methyl sites for hydroxylation is 1. The minimum absolute atomic E-state index is 0.0722. The van der Waals surface area contributed by atoms with E-state index in [4.69, 9.17) is 5.73 Å². The molecule has 0 aliphatic heterocycles. The number of aromatic hydroxyl groups is 1. The molecule has 0 saturated heterocycles. The Kier molecular flexibility index (Phi) is 6.99. The van der Waals surface area contributed by atoms with Gasteiger partial charge in [0.2, 0.25) is 5.78 Å². The van der Waals surface area contributed by atoms with Gasteiger partial charge in [0.05, 0.1) is 11.6 Å². The summed E-state index contributed by atoms with van der Waals surface area (Å²) >= 11 is 0. The van der Waals surface area contributed by atoms with Crippen LogP contribution in [0.4, 0.5) is 5.69 Å². The molecule has 2 saturated carbocycles. The molecule has 5 rings (SSSR count). The van der Waals surface area contributed by atoms with Gasteiger partial charge in [-0.3, -0.25) is 19.3 Å². The Bertz CT molecular complexity index is 1360. The lowest BCUT2D eigenvalue weighted by molar-refractivity contribution is -0.153. The molecule has 0 radical (unpaired) electrons. The van der Waals surface area contributed by atoms with E-state index in [9.17, 15) is 34.8 Å². The van der Waals surface area contributed by atoms with Gasteiger partial charge in [0.1, 0.15) is 22.8 Å². The largest absolute Gasteiger partial charge is 0.508 e. The predicted molar refractivity (Wildman–Crippen MR) is 149 cm³/mol. The van der Waals surface area contributed by atoms with Crippen LogP contribution in [0.3, 0.4) is 0 Å². The van der Waals surface area contributed by atoms with Crippen molar-refractivity contribution in [3.63, 3.8) is 0 Å².